The van der Waals surface area contributed by atoms with Crippen molar-refractivity contribution in [2.75, 3.05) is 24.3 Å². The lowest BCUT2D eigenvalue weighted by Crippen LogP contribution is -2.43. The lowest BCUT2D eigenvalue weighted by molar-refractivity contribution is 0.402. The van der Waals surface area contributed by atoms with Crippen LogP contribution in [-0.4, -0.2) is 41.5 Å². The van der Waals surface area contributed by atoms with E-state index in [1.807, 2.05) is 0 Å². The van der Waals surface area contributed by atoms with Crippen molar-refractivity contribution in [1.29, 1.82) is 0 Å². The second-order valence-electron chi connectivity index (χ2n) is 4.99. The summed E-state index contributed by atoms with van der Waals surface area (Å²) in [5.74, 6) is 0.0566. The molecule has 7 nitrogen and oxygen atoms in total. The van der Waals surface area contributed by atoms with Crippen molar-refractivity contribution in [3.63, 3.8) is 0 Å². The highest BCUT2D eigenvalue weighted by Crippen LogP contribution is 2.26. The van der Waals surface area contributed by atoms with Crippen molar-refractivity contribution in [3.8, 4) is 5.75 Å². The van der Waals surface area contributed by atoms with Crippen LogP contribution in [0.5, 0.6) is 5.75 Å². The summed E-state index contributed by atoms with van der Waals surface area (Å²) in [5.41, 5.74) is 5.97. The molecule has 0 amide bonds. The van der Waals surface area contributed by atoms with E-state index in [4.69, 9.17) is 10.5 Å². The normalized spacial score (nSPS) is 21.9. The Balaban J connectivity index is 2.27. The Morgan fingerprint density at radius 2 is 2.10 bits per heavy atom. The predicted octanol–water partition coefficient (Wildman–Crippen LogP) is 0.133. The number of rotatable bonds is 4. The van der Waals surface area contributed by atoms with E-state index in [1.54, 1.807) is 0 Å². The maximum Gasteiger partial charge on any atom is 0.244 e. The van der Waals surface area contributed by atoms with Gasteiger partial charge >= 0.3 is 0 Å². The first-order valence-corrected chi connectivity index (χ1v) is 9.70. The molecule has 1 aromatic carbocycles. The van der Waals surface area contributed by atoms with Crippen molar-refractivity contribution >= 4 is 25.5 Å². The first-order chi connectivity index (χ1) is 9.73. The van der Waals surface area contributed by atoms with E-state index in [-0.39, 0.29) is 22.2 Å². The van der Waals surface area contributed by atoms with E-state index in [0.29, 0.717) is 18.5 Å². The Labute approximate surface area is 124 Å². The average molecular weight is 334 g/mol. The van der Waals surface area contributed by atoms with Gasteiger partial charge in [0.2, 0.25) is 10.0 Å². The zero-order valence-corrected chi connectivity index (χ0v) is 13.2. The summed E-state index contributed by atoms with van der Waals surface area (Å²) in [4.78, 5) is -0.0535. The topological polar surface area (TPSA) is 116 Å². The third-order valence-corrected chi connectivity index (χ3v) is 6.64. The third kappa shape index (κ3) is 3.86. The van der Waals surface area contributed by atoms with Gasteiger partial charge in [0.1, 0.15) is 10.6 Å². The van der Waals surface area contributed by atoms with Crippen molar-refractivity contribution in [3.05, 3.63) is 18.2 Å². The number of nitrogen functional groups attached to an aromatic ring is 1. The fourth-order valence-electron chi connectivity index (χ4n) is 2.30. The van der Waals surface area contributed by atoms with Crippen molar-refractivity contribution in [1.82, 2.24) is 4.72 Å². The van der Waals surface area contributed by atoms with E-state index < -0.39 is 25.9 Å². The Bertz CT molecular complexity index is 728. The molecule has 0 bridgehead atoms. The van der Waals surface area contributed by atoms with E-state index in [1.165, 1.54) is 25.3 Å². The Morgan fingerprint density at radius 1 is 1.38 bits per heavy atom. The summed E-state index contributed by atoms with van der Waals surface area (Å²) in [6.07, 6.45) is 0.949. The third-order valence-electron chi connectivity index (χ3n) is 3.26. The van der Waals surface area contributed by atoms with Crippen LogP contribution in [0.15, 0.2) is 23.1 Å². The maximum absolute atomic E-state index is 12.4. The number of benzene rings is 1. The number of hydrogen-bond donors (Lipinski definition) is 2. The molecule has 1 unspecified atom stereocenters. The molecule has 3 N–H and O–H groups in total. The van der Waals surface area contributed by atoms with Gasteiger partial charge in [0.15, 0.2) is 9.84 Å². The van der Waals surface area contributed by atoms with E-state index in [2.05, 4.69) is 4.72 Å². The molecule has 21 heavy (non-hydrogen) atoms. The second-order valence-corrected chi connectivity index (χ2v) is 8.90. The molecule has 1 aromatic rings. The molecule has 1 aliphatic heterocycles. The van der Waals surface area contributed by atoms with Crippen LogP contribution in [0.3, 0.4) is 0 Å². The first kappa shape index (κ1) is 16.1. The highest BCUT2D eigenvalue weighted by Gasteiger charge is 2.30. The molecule has 2 rings (SSSR count). The molecular weight excluding hydrogens is 316 g/mol. The fourth-order valence-corrected chi connectivity index (χ4v) is 5.47. The minimum atomic E-state index is -3.86. The van der Waals surface area contributed by atoms with Crippen LogP contribution in [0, 0.1) is 0 Å². The van der Waals surface area contributed by atoms with Gasteiger partial charge in [0.25, 0.3) is 0 Å². The van der Waals surface area contributed by atoms with Crippen LogP contribution < -0.4 is 15.2 Å². The van der Waals surface area contributed by atoms with Gasteiger partial charge in [-0.15, -0.1) is 0 Å². The molecule has 118 valence electrons. The molecule has 1 heterocycles. The zero-order chi connectivity index (χ0) is 15.7. The maximum atomic E-state index is 12.4. The Hall–Kier alpha value is -1.32. The number of anilines is 1. The second kappa shape index (κ2) is 5.82. The van der Waals surface area contributed by atoms with Gasteiger partial charge in [-0.1, -0.05) is 0 Å². The molecule has 1 atom stereocenters. The standard InChI is InChI=1S/C12H18N2O5S2/c1-19-11-7-9(13)4-5-12(11)21(17,18)14-10-3-2-6-20(15,16)8-10/h4-5,7,10,14H,2-3,6,8,13H2,1H3. The fraction of sp³-hybridized carbons (Fsp3) is 0.500. The highest BCUT2D eigenvalue weighted by molar-refractivity contribution is 7.91. The van der Waals surface area contributed by atoms with E-state index >= 15 is 0 Å². The molecule has 0 spiro atoms. The van der Waals surface area contributed by atoms with Gasteiger partial charge < -0.3 is 10.5 Å². The van der Waals surface area contributed by atoms with Crippen LogP contribution in [0.25, 0.3) is 0 Å². The average Bonchev–Trinajstić information content (AvgIpc) is 2.36. The van der Waals surface area contributed by atoms with Crippen LogP contribution in [-0.2, 0) is 19.9 Å². The molecule has 1 saturated heterocycles. The molecule has 1 fully saturated rings. The minimum absolute atomic E-state index is 0.0535. The number of methoxy groups -OCH3 is 1. The number of nitrogens with two attached hydrogens (primary N) is 1. The van der Waals surface area contributed by atoms with Crippen LogP contribution in [0.2, 0.25) is 0 Å². The summed E-state index contributed by atoms with van der Waals surface area (Å²) in [6.45, 7) is 0. The van der Waals surface area contributed by atoms with Gasteiger partial charge in [-0.3, -0.25) is 0 Å². The van der Waals surface area contributed by atoms with Crippen molar-refractivity contribution < 1.29 is 21.6 Å². The summed E-state index contributed by atoms with van der Waals surface area (Å²) in [5, 5.41) is 0. The predicted molar refractivity (Wildman–Crippen MR) is 79.4 cm³/mol. The van der Waals surface area contributed by atoms with Crippen LogP contribution in [0.4, 0.5) is 5.69 Å². The summed E-state index contributed by atoms with van der Waals surface area (Å²) in [7, 11) is -5.71. The monoisotopic (exact) mass is 334 g/mol. The quantitative estimate of drug-likeness (QED) is 0.756. The van der Waals surface area contributed by atoms with E-state index in [9.17, 15) is 16.8 Å². The minimum Gasteiger partial charge on any atom is -0.495 e. The molecule has 0 saturated carbocycles. The number of sulfone groups is 1. The van der Waals surface area contributed by atoms with Gasteiger partial charge in [-0.25, -0.2) is 21.6 Å². The first-order valence-electron chi connectivity index (χ1n) is 6.40. The summed E-state index contributed by atoms with van der Waals surface area (Å²) in [6, 6.07) is 3.59. The van der Waals surface area contributed by atoms with Crippen molar-refractivity contribution in [2.24, 2.45) is 0 Å². The summed E-state index contributed by atoms with van der Waals surface area (Å²) >= 11 is 0. The SMILES string of the molecule is COc1cc(N)ccc1S(=O)(=O)NC1CCCS(=O)(=O)C1. The molecule has 9 heteroatoms. The molecule has 0 aromatic heterocycles. The van der Waals surface area contributed by atoms with Gasteiger partial charge in [-0.2, -0.15) is 0 Å². The van der Waals surface area contributed by atoms with Gasteiger partial charge in [0.05, 0.1) is 18.6 Å². The lowest BCUT2D eigenvalue weighted by atomic mass is 10.2. The molecule has 0 aliphatic carbocycles. The number of ether oxygens (including phenoxy) is 1. The largest absolute Gasteiger partial charge is 0.495 e. The number of nitrogens with one attached hydrogen (secondary N) is 1. The molecule has 1 aliphatic rings. The summed E-state index contributed by atoms with van der Waals surface area (Å²) < 4.78 is 55.4. The number of sulfonamides is 1. The van der Waals surface area contributed by atoms with Crippen LogP contribution >= 0.6 is 0 Å². The van der Waals surface area contributed by atoms with Crippen LogP contribution in [0.1, 0.15) is 12.8 Å². The smallest absolute Gasteiger partial charge is 0.244 e. The Morgan fingerprint density at radius 3 is 2.71 bits per heavy atom. The Kier molecular flexibility index (Phi) is 4.45. The highest BCUT2D eigenvalue weighted by atomic mass is 32.2. The van der Waals surface area contributed by atoms with Gasteiger partial charge in [0, 0.05) is 17.8 Å². The molecular formula is C12H18N2O5S2. The van der Waals surface area contributed by atoms with E-state index in [0.717, 1.165) is 0 Å². The molecule has 0 radical (unpaired) electrons. The number of hydrogen-bond acceptors (Lipinski definition) is 6. The zero-order valence-electron chi connectivity index (χ0n) is 11.6. The lowest BCUT2D eigenvalue weighted by Gasteiger charge is -2.23. The van der Waals surface area contributed by atoms with Gasteiger partial charge in [-0.05, 0) is 25.0 Å². The van der Waals surface area contributed by atoms with Crippen molar-refractivity contribution in [2.45, 2.75) is 23.8 Å².